The number of aliphatic imine (C=N–C) groups is 1. The quantitative estimate of drug-likeness (QED) is 0.413. The van der Waals surface area contributed by atoms with Crippen molar-refractivity contribution >= 4 is 69.3 Å². The molecule has 180 valence electrons. The minimum absolute atomic E-state index is 0.0128. The Morgan fingerprint density at radius 2 is 1.79 bits per heavy atom. The lowest BCUT2D eigenvalue weighted by Gasteiger charge is -2.16. The normalized spacial score (nSPS) is 16.7. The van der Waals surface area contributed by atoms with E-state index in [9.17, 15) is 14.4 Å². The minimum atomic E-state index is -0.593. The highest BCUT2D eigenvalue weighted by atomic mass is 35.5. The SMILES string of the molecule is CCCCN1C(=O)[C@@H](CC(=O)Nc2ccc(C(=O)OCC)cc2)SC1=Nc1cc(Cl)cc(Cl)c1. The number of carbonyl (C=O) groups is 3. The molecule has 0 saturated carbocycles. The van der Waals surface area contributed by atoms with E-state index in [0.717, 1.165) is 12.8 Å². The number of unbranched alkanes of at least 4 members (excludes halogenated alkanes) is 1. The molecule has 1 N–H and O–H groups in total. The van der Waals surface area contributed by atoms with E-state index in [2.05, 4.69) is 10.3 Å². The van der Waals surface area contributed by atoms with Gasteiger partial charge in [-0.1, -0.05) is 48.3 Å². The van der Waals surface area contributed by atoms with Gasteiger partial charge in [0.1, 0.15) is 5.25 Å². The first-order valence-electron chi connectivity index (χ1n) is 10.9. The maximum absolute atomic E-state index is 13.1. The predicted molar refractivity (Wildman–Crippen MR) is 137 cm³/mol. The number of anilines is 1. The summed E-state index contributed by atoms with van der Waals surface area (Å²) in [5.74, 6) is -0.885. The smallest absolute Gasteiger partial charge is 0.338 e. The van der Waals surface area contributed by atoms with Crippen molar-refractivity contribution in [1.82, 2.24) is 4.90 Å². The Balaban J connectivity index is 1.70. The molecule has 1 aliphatic heterocycles. The number of benzene rings is 2. The van der Waals surface area contributed by atoms with Crippen molar-refractivity contribution in [2.75, 3.05) is 18.5 Å². The van der Waals surface area contributed by atoms with Gasteiger partial charge >= 0.3 is 5.97 Å². The summed E-state index contributed by atoms with van der Waals surface area (Å²) < 4.78 is 4.96. The molecule has 0 radical (unpaired) electrons. The second-order valence-corrected chi connectivity index (χ2v) is 9.56. The lowest BCUT2D eigenvalue weighted by atomic mass is 10.2. The second-order valence-electron chi connectivity index (χ2n) is 7.52. The first-order chi connectivity index (χ1) is 16.3. The molecule has 1 fully saturated rings. The lowest BCUT2D eigenvalue weighted by Crippen LogP contribution is -2.34. The van der Waals surface area contributed by atoms with Crippen molar-refractivity contribution in [1.29, 1.82) is 0 Å². The first kappa shape index (κ1) is 26.1. The number of esters is 1. The fraction of sp³-hybridized carbons (Fsp3) is 0.333. The van der Waals surface area contributed by atoms with Crippen LogP contribution in [0.15, 0.2) is 47.5 Å². The first-order valence-corrected chi connectivity index (χ1v) is 12.5. The number of hydrogen-bond donors (Lipinski definition) is 1. The summed E-state index contributed by atoms with van der Waals surface area (Å²) in [6.07, 6.45) is 1.71. The van der Waals surface area contributed by atoms with E-state index in [1.807, 2.05) is 6.92 Å². The highest BCUT2D eigenvalue weighted by Crippen LogP contribution is 2.33. The van der Waals surface area contributed by atoms with E-state index in [1.54, 1.807) is 54.3 Å². The summed E-state index contributed by atoms with van der Waals surface area (Å²) in [6, 6.07) is 11.4. The van der Waals surface area contributed by atoms with E-state index in [4.69, 9.17) is 27.9 Å². The number of thioether (sulfide) groups is 1. The molecule has 2 aromatic rings. The number of ether oxygens (including phenoxy) is 1. The van der Waals surface area contributed by atoms with Crippen LogP contribution < -0.4 is 5.32 Å². The van der Waals surface area contributed by atoms with Gasteiger partial charge in [-0.05, 0) is 55.8 Å². The van der Waals surface area contributed by atoms with Gasteiger partial charge < -0.3 is 10.1 Å². The molecule has 0 aliphatic carbocycles. The number of amides is 2. The maximum Gasteiger partial charge on any atom is 0.338 e. The van der Waals surface area contributed by atoms with E-state index in [-0.39, 0.29) is 24.8 Å². The standard InChI is InChI=1S/C24H25Cl2N3O4S/c1-3-5-10-29-22(31)20(34-24(29)28-19-12-16(25)11-17(26)13-19)14-21(30)27-18-8-6-15(7-9-18)23(32)33-4-2/h6-9,11-13,20H,3-5,10,14H2,1-2H3,(H,27,30)/t20-/m1/s1. The monoisotopic (exact) mass is 521 g/mol. The maximum atomic E-state index is 13.1. The number of carbonyl (C=O) groups excluding carboxylic acids is 3. The number of rotatable bonds is 9. The van der Waals surface area contributed by atoms with Crippen molar-refractivity contribution in [3.05, 3.63) is 58.1 Å². The Morgan fingerprint density at radius 3 is 2.41 bits per heavy atom. The topological polar surface area (TPSA) is 88.1 Å². The highest BCUT2D eigenvalue weighted by molar-refractivity contribution is 8.15. The van der Waals surface area contributed by atoms with Gasteiger partial charge in [0.2, 0.25) is 11.8 Å². The molecule has 2 aromatic carbocycles. The molecule has 10 heteroatoms. The van der Waals surface area contributed by atoms with Crippen LogP contribution in [0.25, 0.3) is 0 Å². The van der Waals surface area contributed by atoms with Crippen LogP contribution in [0, 0.1) is 0 Å². The summed E-state index contributed by atoms with van der Waals surface area (Å²) in [5.41, 5.74) is 1.47. The zero-order chi connectivity index (χ0) is 24.7. The Bertz CT molecular complexity index is 1070. The average molecular weight is 522 g/mol. The molecule has 7 nitrogen and oxygen atoms in total. The van der Waals surface area contributed by atoms with Crippen molar-refractivity contribution in [2.24, 2.45) is 4.99 Å². The largest absolute Gasteiger partial charge is 0.462 e. The molecule has 0 bridgehead atoms. The highest BCUT2D eigenvalue weighted by Gasteiger charge is 2.38. The Kier molecular flexibility index (Phi) is 9.38. The third-order valence-corrected chi connectivity index (χ3v) is 6.49. The molecule has 1 aliphatic rings. The van der Waals surface area contributed by atoms with E-state index in [0.29, 0.717) is 38.7 Å². The van der Waals surface area contributed by atoms with Gasteiger partial charge in [0.25, 0.3) is 0 Å². The Labute approximate surface area is 212 Å². The van der Waals surface area contributed by atoms with Crippen LogP contribution >= 0.6 is 35.0 Å². The predicted octanol–water partition coefficient (Wildman–Crippen LogP) is 5.93. The number of amidine groups is 1. The van der Waals surface area contributed by atoms with Crippen molar-refractivity contribution in [3.63, 3.8) is 0 Å². The lowest BCUT2D eigenvalue weighted by molar-refractivity contribution is -0.128. The Morgan fingerprint density at radius 1 is 1.12 bits per heavy atom. The Hall–Kier alpha value is -2.55. The number of hydrogen-bond acceptors (Lipinski definition) is 6. The molecule has 2 amide bonds. The van der Waals surface area contributed by atoms with Crippen molar-refractivity contribution in [3.8, 4) is 0 Å². The van der Waals surface area contributed by atoms with Gasteiger partial charge in [-0.15, -0.1) is 0 Å². The van der Waals surface area contributed by atoms with Crippen LogP contribution in [0.5, 0.6) is 0 Å². The summed E-state index contributed by atoms with van der Waals surface area (Å²) in [7, 11) is 0. The fourth-order valence-electron chi connectivity index (χ4n) is 3.25. The van der Waals surface area contributed by atoms with Gasteiger partial charge in [-0.2, -0.15) is 0 Å². The summed E-state index contributed by atoms with van der Waals surface area (Å²) in [6.45, 7) is 4.58. The second kappa shape index (κ2) is 12.2. The van der Waals surface area contributed by atoms with Crippen LogP contribution in [-0.2, 0) is 14.3 Å². The molecule has 1 heterocycles. The van der Waals surface area contributed by atoms with Gasteiger partial charge in [0.05, 0.1) is 17.9 Å². The van der Waals surface area contributed by atoms with Crippen LogP contribution in [0.2, 0.25) is 10.0 Å². The van der Waals surface area contributed by atoms with Crippen LogP contribution in [0.4, 0.5) is 11.4 Å². The van der Waals surface area contributed by atoms with Gasteiger partial charge in [-0.3, -0.25) is 14.5 Å². The van der Waals surface area contributed by atoms with Gasteiger partial charge in [0, 0.05) is 28.7 Å². The molecule has 0 unspecified atom stereocenters. The zero-order valence-electron chi connectivity index (χ0n) is 18.8. The molecule has 0 spiro atoms. The van der Waals surface area contributed by atoms with Crippen LogP contribution in [0.1, 0.15) is 43.5 Å². The van der Waals surface area contributed by atoms with Crippen LogP contribution in [0.3, 0.4) is 0 Å². The fourth-order valence-corrected chi connectivity index (χ4v) is 4.94. The number of nitrogens with zero attached hydrogens (tertiary/aromatic N) is 2. The van der Waals surface area contributed by atoms with E-state index in [1.165, 1.54) is 11.8 Å². The molecule has 0 aromatic heterocycles. The molecule has 1 atom stereocenters. The molecule has 1 saturated heterocycles. The zero-order valence-corrected chi connectivity index (χ0v) is 21.2. The summed E-state index contributed by atoms with van der Waals surface area (Å²) in [5, 5.41) is 3.60. The third-order valence-electron chi connectivity index (χ3n) is 4.88. The third kappa shape index (κ3) is 6.98. The average Bonchev–Trinajstić information content (AvgIpc) is 3.05. The molecular weight excluding hydrogens is 497 g/mol. The van der Waals surface area contributed by atoms with Gasteiger partial charge in [0.15, 0.2) is 5.17 Å². The summed E-state index contributed by atoms with van der Waals surface area (Å²) in [4.78, 5) is 43.7. The van der Waals surface area contributed by atoms with Crippen molar-refractivity contribution < 1.29 is 19.1 Å². The van der Waals surface area contributed by atoms with Crippen molar-refractivity contribution in [2.45, 2.75) is 38.4 Å². The number of nitrogens with one attached hydrogen (secondary N) is 1. The molecule has 3 rings (SSSR count). The van der Waals surface area contributed by atoms with Crippen LogP contribution in [-0.4, -0.2) is 46.3 Å². The van der Waals surface area contributed by atoms with Gasteiger partial charge in [-0.25, -0.2) is 9.79 Å². The van der Waals surface area contributed by atoms with E-state index >= 15 is 0 Å². The number of halogens is 2. The molecule has 34 heavy (non-hydrogen) atoms. The summed E-state index contributed by atoms with van der Waals surface area (Å²) >= 11 is 13.4. The minimum Gasteiger partial charge on any atom is -0.462 e. The molecular formula is C24H25Cl2N3O4S. The van der Waals surface area contributed by atoms with E-state index < -0.39 is 11.2 Å².